The second-order valence-electron chi connectivity index (χ2n) is 4.20. The molecule has 0 saturated heterocycles. The predicted octanol–water partition coefficient (Wildman–Crippen LogP) is 2.44. The average Bonchev–Trinajstić information content (AvgIpc) is 2.69. The minimum absolute atomic E-state index is 0.00856. The molecule has 90 valence electrons. The number of aliphatic hydroxyl groups is 1. The first kappa shape index (κ1) is 11.7. The molecule has 0 aliphatic carbocycles. The van der Waals surface area contributed by atoms with Gasteiger partial charge in [-0.1, -0.05) is 6.92 Å². The van der Waals surface area contributed by atoms with E-state index >= 15 is 0 Å². The van der Waals surface area contributed by atoms with Crippen molar-refractivity contribution in [3.8, 4) is 5.75 Å². The van der Waals surface area contributed by atoms with Gasteiger partial charge in [-0.25, -0.2) is 0 Å². The van der Waals surface area contributed by atoms with Crippen molar-refractivity contribution in [2.75, 3.05) is 6.61 Å². The largest absolute Gasteiger partial charge is 0.507 e. The van der Waals surface area contributed by atoms with Crippen molar-refractivity contribution in [3.63, 3.8) is 0 Å². The molecule has 1 aromatic carbocycles. The van der Waals surface area contributed by atoms with E-state index in [4.69, 9.17) is 9.52 Å². The van der Waals surface area contributed by atoms with Gasteiger partial charge in [0.25, 0.3) is 0 Å². The topological polar surface area (TPSA) is 70.7 Å². The summed E-state index contributed by atoms with van der Waals surface area (Å²) in [7, 11) is 0. The van der Waals surface area contributed by atoms with Crippen LogP contribution in [0.3, 0.4) is 0 Å². The van der Waals surface area contributed by atoms with Crippen LogP contribution in [-0.4, -0.2) is 22.6 Å². The van der Waals surface area contributed by atoms with Gasteiger partial charge >= 0.3 is 0 Å². The second-order valence-corrected chi connectivity index (χ2v) is 4.20. The first-order chi connectivity index (χ1) is 8.02. The Balaban J connectivity index is 2.58. The molecule has 0 spiro atoms. The Labute approximate surface area is 98.5 Å². The number of ketones is 1. The number of benzene rings is 1. The average molecular weight is 234 g/mol. The summed E-state index contributed by atoms with van der Waals surface area (Å²) in [6.45, 7) is 3.23. The van der Waals surface area contributed by atoms with Crippen LogP contribution in [0.4, 0.5) is 0 Å². The van der Waals surface area contributed by atoms with Gasteiger partial charge in [-0.2, -0.15) is 0 Å². The molecule has 0 bridgehead atoms. The number of phenols is 1. The predicted molar refractivity (Wildman–Crippen MR) is 63.4 cm³/mol. The maximum absolute atomic E-state index is 11.3. The molecule has 4 nitrogen and oxygen atoms in total. The molecule has 0 radical (unpaired) electrons. The van der Waals surface area contributed by atoms with Crippen molar-refractivity contribution in [2.45, 2.75) is 19.8 Å². The van der Waals surface area contributed by atoms with Crippen LogP contribution < -0.4 is 0 Å². The molecular formula is C13H14O4. The molecule has 0 amide bonds. The first-order valence-electron chi connectivity index (χ1n) is 5.41. The number of carbonyl (C=O) groups excluding carboxylic acids is 1. The number of Topliss-reactive ketones (excluding diaryl/α,β-unsaturated/α-hetero) is 1. The molecule has 17 heavy (non-hydrogen) atoms. The van der Waals surface area contributed by atoms with Gasteiger partial charge in [0, 0.05) is 17.4 Å². The van der Waals surface area contributed by atoms with Crippen molar-refractivity contribution < 1.29 is 19.4 Å². The maximum Gasteiger partial charge on any atom is 0.163 e. The number of phenolic OH excluding ortho intramolecular Hbond substituents is 1. The monoisotopic (exact) mass is 234 g/mol. The lowest BCUT2D eigenvalue weighted by Crippen LogP contribution is -1.95. The standard InChI is InChI=1S/C13H14O4/c1-7(6-14)12-4-9-3-10(8(2)15)11(16)5-13(9)17-12/h3-5,7,14,16H,6H2,1-2H3. The normalized spacial score (nSPS) is 12.9. The van der Waals surface area contributed by atoms with Crippen LogP contribution in [0.2, 0.25) is 0 Å². The summed E-state index contributed by atoms with van der Waals surface area (Å²) in [5.41, 5.74) is 0.796. The number of rotatable bonds is 3. The number of carbonyl (C=O) groups is 1. The third-order valence-corrected chi connectivity index (χ3v) is 2.79. The zero-order valence-corrected chi connectivity index (χ0v) is 9.73. The first-order valence-corrected chi connectivity index (χ1v) is 5.41. The summed E-state index contributed by atoms with van der Waals surface area (Å²) >= 11 is 0. The van der Waals surface area contributed by atoms with Crippen LogP contribution in [0.1, 0.15) is 35.9 Å². The van der Waals surface area contributed by atoms with Crippen molar-refractivity contribution in [1.29, 1.82) is 0 Å². The highest BCUT2D eigenvalue weighted by atomic mass is 16.3. The lowest BCUT2D eigenvalue weighted by atomic mass is 10.1. The Morgan fingerprint density at radius 1 is 1.41 bits per heavy atom. The third kappa shape index (κ3) is 2.03. The molecule has 4 heteroatoms. The number of hydrogen-bond donors (Lipinski definition) is 2. The molecule has 1 heterocycles. The third-order valence-electron chi connectivity index (χ3n) is 2.79. The molecule has 0 saturated carbocycles. The summed E-state index contributed by atoms with van der Waals surface area (Å²) in [4.78, 5) is 11.3. The number of furan rings is 1. The van der Waals surface area contributed by atoms with Crippen molar-refractivity contribution >= 4 is 16.8 Å². The van der Waals surface area contributed by atoms with Gasteiger partial charge in [0.05, 0.1) is 12.2 Å². The van der Waals surface area contributed by atoms with E-state index in [1.54, 1.807) is 12.1 Å². The van der Waals surface area contributed by atoms with Crippen LogP contribution in [0, 0.1) is 0 Å². The van der Waals surface area contributed by atoms with Crippen LogP contribution in [0.25, 0.3) is 11.0 Å². The van der Waals surface area contributed by atoms with Gasteiger partial charge in [0.15, 0.2) is 5.78 Å². The minimum Gasteiger partial charge on any atom is -0.507 e. The maximum atomic E-state index is 11.3. The number of aliphatic hydroxyl groups excluding tert-OH is 1. The number of aromatic hydroxyl groups is 1. The van der Waals surface area contributed by atoms with E-state index in [-0.39, 0.29) is 29.6 Å². The van der Waals surface area contributed by atoms with Crippen LogP contribution in [0.5, 0.6) is 5.75 Å². The van der Waals surface area contributed by atoms with Gasteiger partial charge in [-0.15, -0.1) is 0 Å². The van der Waals surface area contributed by atoms with Crippen molar-refractivity contribution in [2.24, 2.45) is 0 Å². The van der Waals surface area contributed by atoms with E-state index in [1.807, 2.05) is 6.92 Å². The van der Waals surface area contributed by atoms with E-state index in [0.717, 1.165) is 5.39 Å². The quantitative estimate of drug-likeness (QED) is 0.800. The van der Waals surface area contributed by atoms with Gasteiger partial charge in [-0.3, -0.25) is 4.79 Å². The van der Waals surface area contributed by atoms with Crippen molar-refractivity contribution in [1.82, 2.24) is 0 Å². The Hall–Kier alpha value is -1.81. The van der Waals surface area contributed by atoms with Crippen LogP contribution >= 0.6 is 0 Å². The molecular weight excluding hydrogens is 220 g/mol. The van der Waals surface area contributed by atoms with E-state index in [9.17, 15) is 9.90 Å². The highest BCUT2D eigenvalue weighted by Crippen LogP contribution is 2.30. The molecule has 2 N–H and O–H groups in total. The fourth-order valence-corrected chi connectivity index (χ4v) is 1.71. The zero-order valence-electron chi connectivity index (χ0n) is 9.73. The van der Waals surface area contributed by atoms with E-state index in [2.05, 4.69) is 0 Å². The molecule has 0 fully saturated rings. The second kappa shape index (κ2) is 4.22. The minimum atomic E-state index is -0.192. The SMILES string of the molecule is CC(=O)c1cc2cc(C(C)CO)oc2cc1O. The van der Waals surface area contributed by atoms with Gasteiger partial charge < -0.3 is 14.6 Å². The summed E-state index contributed by atoms with van der Waals surface area (Å²) in [6, 6.07) is 4.81. The zero-order chi connectivity index (χ0) is 12.6. The summed E-state index contributed by atoms with van der Waals surface area (Å²) in [5.74, 6) is 0.262. The smallest absolute Gasteiger partial charge is 0.163 e. The summed E-state index contributed by atoms with van der Waals surface area (Å²) in [6.07, 6.45) is 0. The van der Waals surface area contributed by atoms with E-state index < -0.39 is 0 Å². The fourth-order valence-electron chi connectivity index (χ4n) is 1.71. The van der Waals surface area contributed by atoms with Crippen molar-refractivity contribution in [3.05, 3.63) is 29.5 Å². The summed E-state index contributed by atoms with van der Waals surface area (Å²) < 4.78 is 5.50. The Morgan fingerprint density at radius 2 is 2.12 bits per heavy atom. The van der Waals surface area contributed by atoms with Crippen LogP contribution in [-0.2, 0) is 0 Å². The molecule has 1 aromatic heterocycles. The van der Waals surface area contributed by atoms with Gasteiger partial charge in [0.2, 0.25) is 0 Å². The highest BCUT2D eigenvalue weighted by Gasteiger charge is 2.14. The Kier molecular flexibility index (Phi) is 2.90. The Morgan fingerprint density at radius 3 is 2.71 bits per heavy atom. The van der Waals surface area contributed by atoms with E-state index in [1.165, 1.54) is 13.0 Å². The molecule has 0 aliphatic rings. The van der Waals surface area contributed by atoms with Crippen LogP contribution in [0.15, 0.2) is 22.6 Å². The lowest BCUT2D eigenvalue weighted by molar-refractivity contribution is 0.101. The van der Waals surface area contributed by atoms with Gasteiger partial charge in [-0.05, 0) is 19.1 Å². The molecule has 0 aliphatic heterocycles. The number of hydrogen-bond acceptors (Lipinski definition) is 4. The molecule has 1 unspecified atom stereocenters. The van der Waals surface area contributed by atoms with E-state index in [0.29, 0.717) is 11.3 Å². The molecule has 1 atom stereocenters. The number of fused-ring (bicyclic) bond motifs is 1. The molecule has 2 rings (SSSR count). The summed E-state index contributed by atoms with van der Waals surface area (Å²) in [5, 5.41) is 19.5. The Bertz CT molecular complexity index is 568. The lowest BCUT2D eigenvalue weighted by Gasteiger charge is -2.01. The molecule has 2 aromatic rings. The highest BCUT2D eigenvalue weighted by molar-refractivity contribution is 6.00. The van der Waals surface area contributed by atoms with Gasteiger partial charge in [0.1, 0.15) is 17.1 Å². The fraction of sp³-hybridized carbons (Fsp3) is 0.308.